The third kappa shape index (κ3) is 4.77. The maximum atomic E-state index is 6.13. The van der Waals surface area contributed by atoms with Crippen LogP contribution in [-0.2, 0) is 6.42 Å². The lowest BCUT2D eigenvalue weighted by Gasteiger charge is -2.22. The fourth-order valence-corrected chi connectivity index (χ4v) is 1.90. The van der Waals surface area contributed by atoms with Crippen LogP contribution >= 0.6 is 0 Å². The van der Waals surface area contributed by atoms with Crippen LogP contribution in [0.25, 0.3) is 0 Å². The molecule has 0 saturated heterocycles. The smallest absolute Gasteiger partial charge is 0.0170 e. The minimum Gasteiger partial charge on any atom is -0.327 e. The number of nitrogens with zero attached hydrogens (tertiary/aromatic N) is 1. The van der Waals surface area contributed by atoms with Gasteiger partial charge in [-0.1, -0.05) is 44.2 Å². The molecular formula is C14H24N2. The van der Waals surface area contributed by atoms with Crippen LogP contribution in [0.15, 0.2) is 30.3 Å². The van der Waals surface area contributed by atoms with Gasteiger partial charge < -0.3 is 10.6 Å². The summed E-state index contributed by atoms with van der Waals surface area (Å²) < 4.78 is 0. The molecule has 0 saturated carbocycles. The molecule has 0 aliphatic rings. The van der Waals surface area contributed by atoms with Crippen molar-refractivity contribution >= 4 is 0 Å². The summed E-state index contributed by atoms with van der Waals surface area (Å²) >= 11 is 0. The molecule has 0 spiro atoms. The fraction of sp³-hybridized carbons (Fsp3) is 0.571. The molecule has 2 heteroatoms. The summed E-state index contributed by atoms with van der Waals surface area (Å²) in [6.07, 6.45) is 2.16. The molecule has 1 aromatic carbocycles. The van der Waals surface area contributed by atoms with Crippen LogP contribution in [0, 0.1) is 0 Å². The second-order valence-corrected chi connectivity index (χ2v) is 4.27. The van der Waals surface area contributed by atoms with Gasteiger partial charge >= 0.3 is 0 Å². The topological polar surface area (TPSA) is 29.3 Å². The van der Waals surface area contributed by atoms with Crippen molar-refractivity contribution < 1.29 is 0 Å². The molecule has 0 heterocycles. The Morgan fingerprint density at radius 3 is 2.31 bits per heavy atom. The molecule has 1 atom stereocenters. The van der Waals surface area contributed by atoms with Gasteiger partial charge in [-0.25, -0.2) is 0 Å². The van der Waals surface area contributed by atoms with E-state index in [1.807, 2.05) is 0 Å². The summed E-state index contributed by atoms with van der Waals surface area (Å²) in [6, 6.07) is 10.9. The third-order valence-electron chi connectivity index (χ3n) is 3.03. The summed E-state index contributed by atoms with van der Waals surface area (Å²) in [7, 11) is 0. The van der Waals surface area contributed by atoms with Crippen LogP contribution in [0.5, 0.6) is 0 Å². The number of nitrogens with two attached hydrogens (primary N) is 1. The van der Waals surface area contributed by atoms with Gasteiger partial charge in [0.05, 0.1) is 0 Å². The van der Waals surface area contributed by atoms with Crippen molar-refractivity contribution in [2.24, 2.45) is 5.73 Å². The van der Waals surface area contributed by atoms with Crippen molar-refractivity contribution in [3.63, 3.8) is 0 Å². The highest BCUT2D eigenvalue weighted by atomic mass is 15.1. The number of benzene rings is 1. The molecule has 0 aliphatic carbocycles. The number of aryl methyl sites for hydroxylation is 1. The van der Waals surface area contributed by atoms with E-state index in [0.717, 1.165) is 32.5 Å². The van der Waals surface area contributed by atoms with Gasteiger partial charge in [0.25, 0.3) is 0 Å². The monoisotopic (exact) mass is 220 g/mol. The van der Waals surface area contributed by atoms with Crippen molar-refractivity contribution in [2.45, 2.75) is 32.7 Å². The first-order chi connectivity index (χ1) is 7.76. The molecule has 90 valence electrons. The van der Waals surface area contributed by atoms with Gasteiger partial charge in [0.2, 0.25) is 0 Å². The summed E-state index contributed by atoms with van der Waals surface area (Å²) in [4.78, 5) is 2.38. The normalized spacial score (nSPS) is 13.0. The number of hydrogen-bond donors (Lipinski definition) is 1. The number of likely N-dealkylation sites (N-methyl/N-ethyl adjacent to an activating group) is 1. The van der Waals surface area contributed by atoms with Gasteiger partial charge in [0.15, 0.2) is 0 Å². The van der Waals surface area contributed by atoms with E-state index in [9.17, 15) is 0 Å². The molecule has 0 aliphatic heterocycles. The average molecular weight is 220 g/mol. The van der Waals surface area contributed by atoms with E-state index < -0.39 is 0 Å². The van der Waals surface area contributed by atoms with Gasteiger partial charge in [0.1, 0.15) is 0 Å². The zero-order chi connectivity index (χ0) is 11.8. The van der Waals surface area contributed by atoms with Crippen molar-refractivity contribution in [1.29, 1.82) is 0 Å². The Balaban J connectivity index is 2.27. The molecule has 0 fully saturated rings. The van der Waals surface area contributed by atoms with Crippen LogP contribution < -0.4 is 5.73 Å². The molecule has 0 bridgehead atoms. The summed E-state index contributed by atoms with van der Waals surface area (Å²) in [5, 5.41) is 0. The predicted molar refractivity (Wildman–Crippen MR) is 70.5 cm³/mol. The van der Waals surface area contributed by atoms with E-state index >= 15 is 0 Å². The lowest BCUT2D eigenvalue weighted by Crippen LogP contribution is -2.37. The van der Waals surface area contributed by atoms with Crippen molar-refractivity contribution in [2.75, 3.05) is 19.6 Å². The van der Waals surface area contributed by atoms with Crippen LogP contribution in [-0.4, -0.2) is 30.6 Å². The average Bonchev–Trinajstić information content (AvgIpc) is 2.34. The molecular weight excluding hydrogens is 196 g/mol. The second-order valence-electron chi connectivity index (χ2n) is 4.27. The van der Waals surface area contributed by atoms with Gasteiger partial charge in [-0.15, -0.1) is 0 Å². The maximum absolute atomic E-state index is 6.13. The molecule has 2 nitrogen and oxygen atoms in total. The van der Waals surface area contributed by atoms with Crippen LogP contribution in [0.2, 0.25) is 0 Å². The third-order valence-corrected chi connectivity index (χ3v) is 3.03. The second kappa shape index (κ2) is 7.42. The lowest BCUT2D eigenvalue weighted by molar-refractivity contribution is 0.278. The van der Waals surface area contributed by atoms with E-state index in [2.05, 4.69) is 49.1 Å². The fourth-order valence-electron chi connectivity index (χ4n) is 1.90. The first-order valence-electron chi connectivity index (χ1n) is 6.28. The van der Waals surface area contributed by atoms with Crippen LogP contribution in [0.3, 0.4) is 0 Å². The Labute approximate surface area is 99.5 Å². The highest BCUT2D eigenvalue weighted by Gasteiger charge is 2.07. The van der Waals surface area contributed by atoms with E-state index in [1.54, 1.807) is 0 Å². The van der Waals surface area contributed by atoms with Gasteiger partial charge in [-0.05, 0) is 31.5 Å². The first kappa shape index (κ1) is 13.2. The van der Waals surface area contributed by atoms with E-state index in [-0.39, 0.29) is 0 Å². The minimum absolute atomic E-state index is 0.292. The largest absolute Gasteiger partial charge is 0.327 e. The Bertz CT molecular complexity index is 267. The van der Waals surface area contributed by atoms with Gasteiger partial charge in [0, 0.05) is 12.6 Å². The molecule has 1 unspecified atom stereocenters. The summed E-state index contributed by atoms with van der Waals surface area (Å²) in [5.41, 5.74) is 7.52. The van der Waals surface area contributed by atoms with E-state index in [0.29, 0.717) is 6.04 Å². The highest BCUT2D eigenvalue weighted by Crippen LogP contribution is 2.04. The molecule has 0 aromatic heterocycles. The SMILES string of the molecule is CCN(CC)CC(N)CCc1ccccc1. The molecule has 1 rings (SSSR count). The standard InChI is InChI=1S/C14H24N2/c1-3-16(4-2)12-14(15)11-10-13-8-6-5-7-9-13/h5-9,14H,3-4,10-12,15H2,1-2H3. The summed E-state index contributed by atoms with van der Waals surface area (Å²) in [6.45, 7) is 7.58. The van der Waals surface area contributed by atoms with Gasteiger partial charge in [-0.3, -0.25) is 0 Å². The quantitative estimate of drug-likeness (QED) is 0.764. The predicted octanol–water partition coefficient (Wildman–Crippen LogP) is 2.29. The first-order valence-corrected chi connectivity index (χ1v) is 6.28. The van der Waals surface area contributed by atoms with E-state index in [4.69, 9.17) is 5.73 Å². The zero-order valence-electron chi connectivity index (χ0n) is 10.5. The minimum atomic E-state index is 0.292. The molecule has 2 N–H and O–H groups in total. The van der Waals surface area contributed by atoms with Gasteiger partial charge in [-0.2, -0.15) is 0 Å². The summed E-state index contributed by atoms with van der Waals surface area (Å²) in [5.74, 6) is 0. The maximum Gasteiger partial charge on any atom is 0.0170 e. The lowest BCUT2D eigenvalue weighted by atomic mass is 10.1. The van der Waals surface area contributed by atoms with E-state index in [1.165, 1.54) is 5.56 Å². The Morgan fingerprint density at radius 1 is 1.12 bits per heavy atom. The Kier molecular flexibility index (Phi) is 6.12. The van der Waals surface area contributed by atoms with Crippen molar-refractivity contribution in [3.05, 3.63) is 35.9 Å². The molecule has 16 heavy (non-hydrogen) atoms. The highest BCUT2D eigenvalue weighted by molar-refractivity contribution is 5.14. The molecule has 0 radical (unpaired) electrons. The molecule has 1 aromatic rings. The van der Waals surface area contributed by atoms with Crippen LogP contribution in [0.4, 0.5) is 0 Å². The van der Waals surface area contributed by atoms with Crippen LogP contribution in [0.1, 0.15) is 25.8 Å². The number of hydrogen-bond acceptors (Lipinski definition) is 2. The van der Waals surface area contributed by atoms with Crippen molar-refractivity contribution in [3.8, 4) is 0 Å². The zero-order valence-corrected chi connectivity index (χ0v) is 10.5. The molecule has 0 amide bonds. The Morgan fingerprint density at radius 2 is 1.75 bits per heavy atom. The Hall–Kier alpha value is -0.860. The number of rotatable bonds is 7. The van der Waals surface area contributed by atoms with Crippen molar-refractivity contribution in [1.82, 2.24) is 4.90 Å².